The zero-order chi connectivity index (χ0) is 17.2. The Labute approximate surface area is 136 Å². The van der Waals surface area contributed by atoms with Gasteiger partial charge in [0.25, 0.3) is 0 Å². The van der Waals surface area contributed by atoms with Gasteiger partial charge in [0.15, 0.2) is 0 Å². The van der Waals surface area contributed by atoms with Gasteiger partial charge in [-0.1, -0.05) is 12.1 Å². The van der Waals surface area contributed by atoms with Crippen LogP contribution in [0.25, 0.3) is 0 Å². The Morgan fingerprint density at radius 2 is 2.21 bits per heavy atom. The normalized spacial score (nSPS) is 22.0. The summed E-state index contributed by atoms with van der Waals surface area (Å²) >= 11 is 0. The molecule has 1 aliphatic heterocycles. The average molecular weight is 342 g/mol. The number of nitrogens with one attached hydrogen (secondary N) is 1. The number of aromatic nitrogens is 3. The molecule has 1 fully saturated rings. The van der Waals surface area contributed by atoms with E-state index in [1.807, 2.05) is 4.90 Å². The SMILES string of the molecule is O[C@@]1(c2cn[nH]n2)CCN(CCc2cccc(OC(F)(F)F)c2)C1. The lowest BCUT2D eigenvalue weighted by Crippen LogP contribution is -2.32. The van der Waals surface area contributed by atoms with E-state index in [9.17, 15) is 18.3 Å². The molecule has 0 aliphatic carbocycles. The van der Waals surface area contributed by atoms with E-state index in [1.165, 1.54) is 24.4 Å². The van der Waals surface area contributed by atoms with Crippen LogP contribution >= 0.6 is 0 Å². The Kier molecular flexibility index (Phi) is 4.46. The predicted molar refractivity (Wildman–Crippen MR) is 78.2 cm³/mol. The molecule has 2 aromatic rings. The number of aromatic amines is 1. The average Bonchev–Trinajstić information content (AvgIpc) is 3.14. The molecule has 1 aromatic carbocycles. The molecule has 0 bridgehead atoms. The monoisotopic (exact) mass is 342 g/mol. The van der Waals surface area contributed by atoms with Gasteiger partial charge in [0.2, 0.25) is 0 Å². The summed E-state index contributed by atoms with van der Waals surface area (Å²) in [6.45, 7) is 1.72. The lowest BCUT2D eigenvalue weighted by molar-refractivity contribution is -0.274. The van der Waals surface area contributed by atoms with Gasteiger partial charge < -0.3 is 9.84 Å². The smallest absolute Gasteiger partial charge is 0.406 e. The van der Waals surface area contributed by atoms with E-state index in [2.05, 4.69) is 20.1 Å². The third kappa shape index (κ3) is 4.04. The van der Waals surface area contributed by atoms with Crippen LogP contribution in [0.5, 0.6) is 5.75 Å². The molecule has 0 unspecified atom stereocenters. The zero-order valence-corrected chi connectivity index (χ0v) is 12.8. The van der Waals surface area contributed by atoms with Crippen LogP contribution < -0.4 is 4.74 Å². The summed E-state index contributed by atoms with van der Waals surface area (Å²) in [5.41, 5.74) is 0.216. The fraction of sp³-hybridized carbons (Fsp3) is 0.467. The molecule has 6 nitrogen and oxygen atoms in total. The molecule has 0 amide bonds. The van der Waals surface area contributed by atoms with Crippen LogP contribution in [0.1, 0.15) is 17.7 Å². The van der Waals surface area contributed by atoms with Crippen molar-refractivity contribution in [1.82, 2.24) is 20.3 Å². The highest BCUT2D eigenvalue weighted by Gasteiger charge is 2.39. The molecule has 1 atom stereocenters. The number of rotatable bonds is 5. The van der Waals surface area contributed by atoms with Gasteiger partial charge in [0.1, 0.15) is 17.0 Å². The van der Waals surface area contributed by atoms with Crippen LogP contribution in [-0.4, -0.2) is 51.4 Å². The number of aliphatic hydroxyl groups is 1. The fourth-order valence-corrected chi connectivity index (χ4v) is 2.88. The molecular weight excluding hydrogens is 325 g/mol. The van der Waals surface area contributed by atoms with E-state index in [-0.39, 0.29) is 5.75 Å². The Morgan fingerprint density at radius 3 is 2.92 bits per heavy atom. The van der Waals surface area contributed by atoms with Crippen molar-refractivity contribution in [3.05, 3.63) is 41.7 Å². The van der Waals surface area contributed by atoms with Crippen molar-refractivity contribution in [3.63, 3.8) is 0 Å². The summed E-state index contributed by atoms with van der Waals surface area (Å²) in [6.07, 6.45) is -2.09. The van der Waals surface area contributed by atoms with E-state index < -0.39 is 12.0 Å². The molecule has 9 heteroatoms. The lowest BCUT2D eigenvalue weighted by Gasteiger charge is -2.21. The van der Waals surface area contributed by atoms with Gasteiger partial charge in [-0.3, -0.25) is 4.90 Å². The molecule has 1 aromatic heterocycles. The topological polar surface area (TPSA) is 74.3 Å². The third-order valence-corrected chi connectivity index (χ3v) is 4.07. The zero-order valence-electron chi connectivity index (χ0n) is 12.8. The summed E-state index contributed by atoms with van der Waals surface area (Å²) < 4.78 is 40.7. The number of H-pyrrole nitrogens is 1. The van der Waals surface area contributed by atoms with Gasteiger partial charge in [-0.2, -0.15) is 15.4 Å². The van der Waals surface area contributed by atoms with Crippen LogP contribution in [0.3, 0.4) is 0 Å². The third-order valence-electron chi connectivity index (χ3n) is 4.07. The molecule has 130 valence electrons. The van der Waals surface area contributed by atoms with E-state index in [1.54, 1.807) is 6.07 Å². The Hall–Kier alpha value is -2.13. The number of ether oxygens (including phenoxy) is 1. The number of hydrogen-bond acceptors (Lipinski definition) is 5. The largest absolute Gasteiger partial charge is 0.573 e. The summed E-state index contributed by atoms with van der Waals surface area (Å²) in [6, 6.07) is 5.94. The molecule has 1 aliphatic rings. The first-order valence-corrected chi connectivity index (χ1v) is 7.50. The van der Waals surface area contributed by atoms with Crippen molar-refractivity contribution in [3.8, 4) is 5.75 Å². The van der Waals surface area contributed by atoms with Gasteiger partial charge in [-0.15, -0.1) is 13.2 Å². The highest BCUT2D eigenvalue weighted by molar-refractivity contribution is 5.29. The maximum Gasteiger partial charge on any atom is 0.573 e. The Bertz CT molecular complexity index is 678. The van der Waals surface area contributed by atoms with Crippen LogP contribution in [0.2, 0.25) is 0 Å². The Balaban J connectivity index is 1.56. The fourth-order valence-electron chi connectivity index (χ4n) is 2.88. The number of likely N-dealkylation sites (tertiary alicyclic amines) is 1. The highest BCUT2D eigenvalue weighted by atomic mass is 19.4. The van der Waals surface area contributed by atoms with Crippen molar-refractivity contribution in [2.45, 2.75) is 24.8 Å². The van der Waals surface area contributed by atoms with Gasteiger partial charge in [0, 0.05) is 19.6 Å². The summed E-state index contributed by atoms with van der Waals surface area (Å²) in [5, 5.41) is 20.7. The number of halogens is 3. The maximum absolute atomic E-state index is 12.3. The number of hydrogen-bond donors (Lipinski definition) is 2. The van der Waals surface area contributed by atoms with Crippen molar-refractivity contribution in [1.29, 1.82) is 0 Å². The molecule has 0 spiro atoms. The van der Waals surface area contributed by atoms with Crippen molar-refractivity contribution >= 4 is 0 Å². The lowest BCUT2D eigenvalue weighted by atomic mass is 10.00. The van der Waals surface area contributed by atoms with Gasteiger partial charge in [0.05, 0.1) is 6.20 Å². The van der Waals surface area contributed by atoms with Crippen LogP contribution in [0.4, 0.5) is 13.2 Å². The minimum atomic E-state index is -4.69. The number of β-amino-alcohol motifs (C(OH)–C–C–N with tert-alkyl or cyclic N) is 1. The summed E-state index contributed by atoms with van der Waals surface area (Å²) in [5.74, 6) is -0.222. The van der Waals surface area contributed by atoms with E-state index in [0.29, 0.717) is 38.2 Å². The first-order chi connectivity index (χ1) is 11.3. The minimum absolute atomic E-state index is 0.222. The molecular formula is C15H17F3N4O2. The van der Waals surface area contributed by atoms with Crippen molar-refractivity contribution < 1.29 is 23.0 Å². The maximum atomic E-state index is 12.3. The van der Waals surface area contributed by atoms with Crippen molar-refractivity contribution in [2.24, 2.45) is 0 Å². The molecule has 2 N–H and O–H groups in total. The van der Waals surface area contributed by atoms with Gasteiger partial charge in [-0.05, 0) is 30.5 Å². The molecule has 2 heterocycles. The molecule has 0 radical (unpaired) electrons. The highest BCUT2D eigenvalue weighted by Crippen LogP contribution is 2.30. The summed E-state index contributed by atoms with van der Waals surface area (Å²) in [4.78, 5) is 2.05. The van der Waals surface area contributed by atoms with Crippen LogP contribution in [0.15, 0.2) is 30.5 Å². The second kappa shape index (κ2) is 6.40. The minimum Gasteiger partial charge on any atom is -0.406 e. The quantitative estimate of drug-likeness (QED) is 0.867. The first-order valence-electron chi connectivity index (χ1n) is 7.50. The second-order valence-corrected chi connectivity index (χ2v) is 5.86. The first kappa shape index (κ1) is 16.7. The van der Waals surface area contributed by atoms with Crippen LogP contribution in [0, 0.1) is 0 Å². The van der Waals surface area contributed by atoms with Gasteiger partial charge >= 0.3 is 6.36 Å². The number of benzene rings is 1. The van der Waals surface area contributed by atoms with E-state index >= 15 is 0 Å². The second-order valence-electron chi connectivity index (χ2n) is 5.86. The molecule has 3 rings (SSSR count). The van der Waals surface area contributed by atoms with Crippen molar-refractivity contribution in [2.75, 3.05) is 19.6 Å². The number of nitrogens with zero attached hydrogens (tertiary/aromatic N) is 3. The molecule has 1 saturated heterocycles. The molecule has 24 heavy (non-hydrogen) atoms. The summed E-state index contributed by atoms with van der Waals surface area (Å²) in [7, 11) is 0. The Morgan fingerprint density at radius 1 is 1.38 bits per heavy atom. The standard InChI is InChI=1S/C15H17F3N4O2/c16-15(17,18)24-12-3-1-2-11(8-12)4-6-22-7-5-14(23,10-22)13-9-19-21-20-13/h1-3,8-9,23H,4-7,10H2,(H,19,20,21)/t14-/m0/s1. The predicted octanol–water partition coefficient (Wildman–Crippen LogP) is 1.84. The van der Waals surface area contributed by atoms with E-state index in [0.717, 1.165) is 5.56 Å². The molecule has 0 saturated carbocycles. The van der Waals surface area contributed by atoms with E-state index in [4.69, 9.17) is 0 Å². The van der Waals surface area contributed by atoms with Gasteiger partial charge in [-0.25, -0.2) is 0 Å². The number of alkyl halides is 3. The van der Waals surface area contributed by atoms with Crippen LogP contribution in [-0.2, 0) is 12.0 Å².